The fourth-order valence-corrected chi connectivity index (χ4v) is 1.42. The van der Waals surface area contributed by atoms with Gasteiger partial charge in [-0.1, -0.05) is 0 Å². The number of phenols is 1. The van der Waals surface area contributed by atoms with Crippen molar-refractivity contribution < 1.29 is 9.84 Å². The van der Waals surface area contributed by atoms with Crippen LogP contribution in [0.4, 0.5) is 0 Å². The Bertz CT molecular complexity index is 358. The van der Waals surface area contributed by atoms with Crippen LogP contribution >= 0.6 is 0 Å². The highest BCUT2D eigenvalue weighted by Crippen LogP contribution is 2.30. The lowest BCUT2D eigenvalue weighted by atomic mass is 10.0. The van der Waals surface area contributed by atoms with Gasteiger partial charge >= 0.3 is 0 Å². The van der Waals surface area contributed by atoms with Gasteiger partial charge < -0.3 is 15.2 Å². The number of methoxy groups -OCH3 is 1. The van der Waals surface area contributed by atoms with Crippen molar-refractivity contribution in [2.24, 2.45) is 0 Å². The van der Waals surface area contributed by atoms with Crippen molar-refractivity contribution in [3.05, 3.63) is 29.5 Å². The third kappa shape index (κ3) is 1.33. The molecule has 1 aromatic rings. The number of ether oxygens (including phenoxy) is 1. The first kappa shape index (κ1) is 7.98. The molecule has 0 bridgehead atoms. The number of hydrogen-bond donors (Lipinski definition) is 2. The van der Waals surface area contributed by atoms with Gasteiger partial charge in [0.1, 0.15) is 0 Å². The molecule has 0 atom stereocenters. The Morgan fingerprint density at radius 2 is 2.31 bits per heavy atom. The number of fused-ring (bicyclic) bond motifs is 1. The Labute approximate surface area is 76.7 Å². The zero-order valence-electron chi connectivity index (χ0n) is 7.37. The van der Waals surface area contributed by atoms with Gasteiger partial charge in [-0.3, -0.25) is 0 Å². The number of aromatic hydroxyl groups is 1. The Balaban J connectivity index is 2.52. The fourth-order valence-electron chi connectivity index (χ4n) is 1.42. The largest absolute Gasteiger partial charge is 0.504 e. The minimum absolute atomic E-state index is 0.193. The average Bonchev–Trinajstić information content (AvgIpc) is 2.17. The molecule has 0 spiro atoms. The number of nitrogens with one attached hydrogen (secondary N) is 1. The van der Waals surface area contributed by atoms with Crippen molar-refractivity contribution in [1.82, 2.24) is 5.32 Å². The van der Waals surface area contributed by atoms with E-state index in [1.165, 1.54) is 0 Å². The second-order valence-electron chi connectivity index (χ2n) is 2.94. The van der Waals surface area contributed by atoms with Gasteiger partial charge in [0.2, 0.25) is 0 Å². The van der Waals surface area contributed by atoms with Crippen LogP contribution in [-0.4, -0.2) is 12.2 Å². The first-order chi connectivity index (χ1) is 6.31. The van der Waals surface area contributed by atoms with Crippen LogP contribution in [0.25, 0.3) is 6.08 Å². The highest BCUT2D eigenvalue weighted by molar-refractivity contribution is 5.61. The summed E-state index contributed by atoms with van der Waals surface area (Å²) in [4.78, 5) is 0. The van der Waals surface area contributed by atoms with Crippen LogP contribution in [-0.2, 0) is 6.54 Å². The molecule has 1 heterocycles. The molecular weight excluding hydrogens is 166 g/mol. The van der Waals surface area contributed by atoms with E-state index in [0.29, 0.717) is 5.75 Å². The highest BCUT2D eigenvalue weighted by atomic mass is 16.5. The quantitative estimate of drug-likeness (QED) is 0.682. The lowest BCUT2D eigenvalue weighted by Crippen LogP contribution is -2.09. The number of rotatable bonds is 1. The van der Waals surface area contributed by atoms with E-state index in [1.807, 2.05) is 18.3 Å². The maximum atomic E-state index is 9.49. The number of hydrogen-bond acceptors (Lipinski definition) is 3. The normalized spacial score (nSPS) is 13.3. The zero-order chi connectivity index (χ0) is 9.26. The number of benzene rings is 1. The molecule has 0 unspecified atom stereocenters. The van der Waals surface area contributed by atoms with Gasteiger partial charge in [-0.25, -0.2) is 0 Å². The predicted octanol–water partition coefficient (Wildman–Crippen LogP) is 1.47. The summed E-state index contributed by atoms with van der Waals surface area (Å²) >= 11 is 0. The summed E-state index contributed by atoms with van der Waals surface area (Å²) in [6.45, 7) is 0.753. The van der Waals surface area contributed by atoms with E-state index < -0.39 is 0 Å². The third-order valence-corrected chi connectivity index (χ3v) is 2.11. The minimum Gasteiger partial charge on any atom is -0.504 e. The van der Waals surface area contributed by atoms with Crippen LogP contribution < -0.4 is 10.1 Å². The molecule has 13 heavy (non-hydrogen) atoms. The predicted molar refractivity (Wildman–Crippen MR) is 50.5 cm³/mol. The van der Waals surface area contributed by atoms with Crippen molar-refractivity contribution in [2.45, 2.75) is 6.54 Å². The van der Waals surface area contributed by atoms with Crippen LogP contribution in [0.1, 0.15) is 11.1 Å². The van der Waals surface area contributed by atoms with Crippen molar-refractivity contribution in [1.29, 1.82) is 0 Å². The molecule has 0 fully saturated rings. The first-order valence-corrected chi connectivity index (χ1v) is 4.11. The Morgan fingerprint density at radius 3 is 3.08 bits per heavy atom. The van der Waals surface area contributed by atoms with Crippen molar-refractivity contribution in [3.8, 4) is 11.5 Å². The maximum absolute atomic E-state index is 9.49. The summed E-state index contributed by atoms with van der Waals surface area (Å²) in [7, 11) is 1.55. The van der Waals surface area contributed by atoms with Crippen LogP contribution in [0.5, 0.6) is 11.5 Å². The molecular formula is C10H11NO2. The second-order valence-corrected chi connectivity index (χ2v) is 2.94. The van der Waals surface area contributed by atoms with E-state index in [-0.39, 0.29) is 5.75 Å². The van der Waals surface area contributed by atoms with Crippen LogP contribution in [0, 0.1) is 0 Å². The van der Waals surface area contributed by atoms with Crippen molar-refractivity contribution in [3.63, 3.8) is 0 Å². The summed E-state index contributed by atoms with van der Waals surface area (Å²) < 4.78 is 5.01. The van der Waals surface area contributed by atoms with E-state index in [0.717, 1.165) is 17.7 Å². The monoisotopic (exact) mass is 177 g/mol. The molecule has 0 aromatic heterocycles. The number of phenolic OH excluding ortho intramolecular Hbond substituents is 1. The molecule has 0 saturated carbocycles. The molecule has 1 aliphatic rings. The lowest BCUT2D eigenvalue weighted by molar-refractivity contribution is 0.373. The summed E-state index contributed by atoms with van der Waals surface area (Å²) in [6.07, 6.45) is 3.85. The van der Waals surface area contributed by atoms with Crippen molar-refractivity contribution in [2.75, 3.05) is 7.11 Å². The van der Waals surface area contributed by atoms with E-state index in [9.17, 15) is 5.11 Å². The molecule has 0 saturated heterocycles. The summed E-state index contributed by atoms with van der Waals surface area (Å²) in [6, 6.07) is 3.56. The molecule has 2 N–H and O–H groups in total. The Hall–Kier alpha value is -1.64. The summed E-state index contributed by atoms with van der Waals surface area (Å²) in [5.41, 5.74) is 2.18. The molecule has 68 valence electrons. The Kier molecular flexibility index (Phi) is 1.85. The standard InChI is InChI=1S/C10H11NO2/c1-13-10-5-7-2-3-11-6-8(7)4-9(10)12/h2-5,11-12H,6H2,1H3. The molecule has 0 radical (unpaired) electrons. The van der Waals surface area contributed by atoms with Gasteiger partial charge in [-0.05, 0) is 35.5 Å². The molecule has 3 nitrogen and oxygen atoms in total. The van der Waals surface area contributed by atoms with Crippen LogP contribution in [0.2, 0.25) is 0 Å². The average molecular weight is 177 g/mol. The highest BCUT2D eigenvalue weighted by Gasteiger charge is 2.09. The van der Waals surface area contributed by atoms with Gasteiger partial charge in [0.05, 0.1) is 7.11 Å². The minimum atomic E-state index is 0.193. The van der Waals surface area contributed by atoms with Crippen molar-refractivity contribution >= 4 is 6.08 Å². The molecule has 2 rings (SSSR count). The van der Waals surface area contributed by atoms with Gasteiger partial charge in [0.25, 0.3) is 0 Å². The molecule has 1 aliphatic heterocycles. The molecule has 0 aliphatic carbocycles. The fraction of sp³-hybridized carbons (Fsp3) is 0.200. The van der Waals surface area contributed by atoms with Gasteiger partial charge in [-0.15, -0.1) is 0 Å². The summed E-state index contributed by atoms with van der Waals surface area (Å²) in [5.74, 6) is 0.712. The van der Waals surface area contributed by atoms with E-state index in [4.69, 9.17) is 4.74 Å². The molecule has 1 aromatic carbocycles. The van der Waals surface area contributed by atoms with E-state index >= 15 is 0 Å². The third-order valence-electron chi connectivity index (χ3n) is 2.11. The molecule has 3 heteroatoms. The topological polar surface area (TPSA) is 41.5 Å². The smallest absolute Gasteiger partial charge is 0.161 e. The van der Waals surface area contributed by atoms with Gasteiger partial charge in [0.15, 0.2) is 11.5 Å². The lowest BCUT2D eigenvalue weighted by Gasteiger charge is -2.14. The zero-order valence-corrected chi connectivity index (χ0v) is 7.37. The maximum Gasteiger partial charge on any atom is 0.161 e. The molecule has 0 amide bonds. The van der Waals surface area contributed by atoms with Crippen LogP contribution in [0.3, 0.4) is 0 Å². The first-order valence-electron chi connectivity index (χ1n) is 4.11. The summed E-state index contributed by atoms with van der Waals surface area (Å²) in [5, 5.41) is 12.6. The van der Waals surface area contributed by atoms with Gasteiger partial charge in [-0.2, -0.15) is 0 Å². The Morgan fingerprint density at radius 1 is 1.46 bits per heavy atom. The second kappa shape index (κ2) is 3.01. The van der Waals surface area contributed by atoms with E-state index in [2.05, 4.69) is 5.32 Å². The van der Waals surface area contributed by atoms with Crippen LogP contribution in [0.15, 0.2) is 18.3 Å². The van der Waals surface area contributed by atoms with E-state index in [1.54, 1.807) is 13.2 Å². The van der Waals surface area contributed by atoms with Gasteiger partial charge in [0, 0.05) is 6.54 Å². The SMILES string of the molecule is COc1cc2c(cc1O)CNC=C2.